The molecule has 1 aromatic rings. The van der Waals surface area contributed by atoms with E-state index in [1.807, 2.05) is 6.07 Å². The van der Waals surface area contributed by atoms with Gasteiger partial charge in [-0.25, -0.2) is 5.84 Å². The summed E-state index contributed by atoms with van der Waals surface area (Å²) in [6, 6.07) is 7.12. The standard InChI is InChI=1S/C11H16N2O3/c1-15-5-6-16-8-9-3-2-4-10(7-9)11(14)13-12/h2-4,7H,5-6,8,12H2,1H3,(H,13,14). The molecule has 0 aliphatic heterocycles. The maximum atomic E-state index is 11.2. The average Bonchev–Trinajstić information content (AvgIpc) is 2.34. The highest BCUT2D eigenvalue weighted by Crippen LogP contribution is 2.06. The van der Waals surface area contributed by atoms with Crippen molar-refractivity contribution in [2.24, 2.45) is 5.84 Å². The van der Waals surface area contributed by atoms with Crippen LogP contribution in [0.1, 0.15) is 15.9 Å². The Bertz CT molecular complexity index is 342. The monoisotopic (exact) mass is 224 g/mol. The second kappa shape index (κ2) is 6.95. The number of benzene rings is 1. The molecule has 0 aliphatic rings. The van der Waals surface area contributed by atoms with Crippen LogP contribution in [0.15, 0.2) is 24.3 Å². The molecular formula is C11H16N2O3. The van der Waals surface area contributed by atoms with Gasteiger partial charge in [0.1, 0.15) is 0 Å². The van der Waals surface area contributed by atoms with Gasteiger partial charge in [-0.15, -0.1) is 0 Å². The third-order valence-electron chi connectivity index (χ3n) is 2.02. The lowest BCUT2D eigenvalue weighted by Gasteiger charge is -2.05. The van der Waals surface area contributed by atoms with Crippen LogP contribution >= 0.6 is 0 Å². The molecular weight excluding hydrogens is 208 g/mol. The van der Waals surface area contributed by atoms with Gasteiger partial charge in [-0.3, -0.25) is 10.2 Å². The largest absolute Gasteiger partial charge is 0.382 e. The number of hydrogen-bond donors (Lipinski definition) is 2. The molecule has 0 heterocycles. The third-order valence-corrected chi connectivity index (χ3v) is 2.02. The molecule has 0 aromatic heterocycles. The molecule has 0 saturated carbocycles. The number of carbonyl (C=O) groups is 1. The van der Waals surface area contributed by atoms with Gasteiger partial charge in [0.2, 0.25) is 0 Å². The number of hydrogen-bond acceptors (Lipinski definition) is 4. The van der Waals surface area contributed by atoms with Crippen molar-refractivity contribution >= 4 is 5.91 Å². The quantitative estimate of drug-likeness (QED) is 0.318. The van der Waals surface area contributed by atoms with Gasteiger partial charge in [-0.1, -0.05) is 12.1 Å². The van der Waals surface area contributed by atoms with E-state index in [1.165, 1.54) is 0 Å². The van der Waals surface area contributed by atoms with Crippen molar-refractivity contribution in [1.29, 1.82) is 0 Å². The zero-order valence-electron chi connectivity index (χ0n) is 9.23. The number of nitrogens with two attached hydrogens (primary N) is 1. The highest BCUT2D eigenvalue weighted by molar-refractivity contribution is 5.93. The second-order valence-electron chi connectivity index (χ2n) is 3.22. The summed E-state index contributed by atoms with van der Waals surface area (Å²) < 4.78 is 10.2. The van der Waals surface area contributed by atoms with Crippen molar-refractivity contribution in [2.75, 3.05) is 20.3 Å². The first-order valence-electron chi connectivity index (χ1n) is 4.94. The molecule has 3 N–H and O–H groups in total. The van der Waals surface area contributed by atoms with Crippen molar-refractivity contribution in [3.63, 3.8) is 0 Å². The molecule has 0 fully saturated rings. The van der Waals surface area contributed by atoms with Crippen LogP contribution in [-0.2, 0) is 16.1 Å². The summed E-state index contributed by atoms with van der Waals surface area (Å²) in [5, 5.41) is 0. The predicted molar refractivity (Wildman–Crippen MR) is 59.6 cm³/mol. The summed E-state index contributed by atoms with van der Waals surface area (Å²) in [5.41, 5.74) is 3.54. The fraction of sp³-hybridized carbons (Fsp3) is 0.364. The van der Waals surface area contributed by atoms with Crippen molar-refractivity contribution in [3.8, 4) is 0 Å². The summed E-state index contributed by atoms with van der Waals surface area (Å²) in [6.07, 6.45) is 0. The van der Waals surface area contributed by atoms with E-state index in [1.54, 1.807) is 25.3 Å². The number of methoxy groups -OCH3 is 1. The fourth-order valence-corrected chi connectivity index (χ4v) is 1.22. The number of amides is 1. The summed E-state index contributed by atoms with van der Waals surface area (Å²) in [5.74, 6) is 4.74. The van der Waals surface area contributed by atoms with Crippen molar-refractivity contribution < 1.29 is 14.3 Å². The van der Waals surface area contributed by atoms with Gasteiger partial charge in [-0.05, 0) is 17.7 Å². The van der Waals surface area contributed by atoms with E-state index >= 15 is 0 Å². The lowest BCUT2D eigenvalue weighted by molar-refractivity contribution is 0.0616. The molecule has 5 heteroatoms. The first kappa shape index (κ1) is 12.6. The minimum atomic E-state index is -0.307. The molecule has 0 saturated heterocycles. The van der Waals surface area contributed by atoms with Crippen LogP contribution in [0.2, 0.25) is 0 Å². The number of nitrogen functional groups attached to an aromatic ring is 1. The molecule has 1 aromatic carbocycles. The van der Waals surface area contributed by atoms with Crippen molar-refractivity contribution in [3.05, 3.63) is 35.4 Å². The summed E-state index contributed by atoms with van der Waals surface area (Å²) in [7, 11) is 1.62. The molecule has 0 radical (unpaired) electrons. The Morgan fingerprint density at radius 3 is 2.94 bits per heavy atom. The SMILES string of the molecule is COCCOCc1cccc(C(=O)NN)c1. The van der Waals surface area contributed by atoms with Gasteiger partial charge in [0.05, 0.1) is 19.8 Å². The Hall–Kier alpha value is -1.43. The smallest absolute Gasteiger partial charge is 0.265 e. The van der Waals surface area contributed by atoms with E-state index in [0.29, 0.717) is 25.4 Å². The Morgan fingerprint density at radius 1 is 1.44 bits per heavy atom. The van der Waals surface area contributed by atoms with Crippen LogP contribution in [0.4, 0.5) is 0 Å². The summed E-state index contributed by atoms with van der Waals surface area (Å²) in [6.45, 7) is 1.54. The molecule has 0 atom stereocenters. The molecule has 1 rings (SSSR count). The molecule has 0 bridgehead atoms. The molecule has 16 heavy (non-hydrogen) atoms. The summed E-state index contributed by atoms with van der Waals surface area (Å²) >= 11 is 0. The zero-order chi connectivity index (χ0) is 11.8. The highest BCUT2D eigenvalue weighted by atomic mass is 16.5. The maximum Gasteiger partial charge on any atom is 0.265 e. The molecule has 1 amide bonds. The summed E-state index contributed by atoms with van der Waals surface area (Å²) in [4.78, 5) is 11.2. The van der Waals surface area contributed by atoms with E-state index in [-0.39, 0.29) is 5.91 Å². The van der Waals surface area contributed by atoms with E-state index in [4.69, 9.17) is 15.3 Å². The van der Waals surface area contributed by atoms with E-state index in [2.05, 4.69) is 5.43 Å². The van der Waals surface area contributed by atoms with Crippen LogP contribution in [0.3, 0.4) is 0 Å². The van der Waals surface area contributed by atoms with Gasteiger partial charge in [-0.2, -0.15) is 0 Å². The first-order valence-corrected chi connectivity index (χ1v) is 4.94. The number of rotatable bonds is 6. The van der Waals surface area contributed by atoms with Crippen molar-refractivity contribution in [1.82, 2.24) is 5.43 Å². The minimum absolute atomic E-state index is 0.307. The normalized spacial score (nSPS) is 10.1. The predicted octanol–water partition coefficient (Wildman–Crippen LogP) is 0.453. The fourth-order valence-electron chi connectivity index (χ4n) is 1.22. The lowest BCUT2D eigenvalue weighted by atomic mass is 10.1. The Morgan fingerprint density at radius 2 is 2.25 bits per heavy atom. The molecule has 0 aliphatic carbocycles. The van der Waals surface area contributed by atoms with Gasteiger partial charge in [0.25, 0.3) is 5.91 Å². The average molecular weight is 224 g/mol. The Balaban J connectivity index is 2.50. The van der Waals surface area contributed by atoms with E-state index in [0.717, 1.165) is 5.56 Å². The number of hydrazine groups is 1. The van der Waals surface area contributed by atoms with Crippen LogP contribution in [-0.4, -0.2) is 26.2 Å². The molecule has 88 valence electrons. The highest BCUT2D eigenvalue weighted by Gasteiger charge is 2.03. The number of nitrogens with one attached hydrogen (secondary N) is 1. The Labute approximate surface area is 94.5 Å². The zero-order valence-corrected chi connectivity index (χ0v) is 9.23. The third kappa shape index (κ3) is 3.98. The maximum absolute atomic E-state index is 11.2. The van der Waals surface area contributed by atoms with E-state index < -0.39 is 0 Å². The van der Waals surface area contributed by atoms with Crippen molar-refractivity contribution in [2.45, 2.75) is 6.61 Å². The second-order valence-corrected chi connectivity index (χ2v) is 3.22. The van der Waals surface area contributed by atoms with Crippen LogP contribution in [0.5, 0.6) is 0 Å². The van der Waals surface area contributed by atoms with Crippen LogP contribution in [0, 0.1) is 0 Å². The van der Waals surface area contributed by atoms with E-state index in [9.17, 15) is 4.79 Å². The van der Waals surface area contributed by atoms with Gasteiger partial charge >= 0.3 is 0 Å². The minimum Gasteiger partial charge on any atom is -0.382 e. The first-order chi connectivity index (χ1) is 7.77. The topological polar surface area (TPSA) is 73.6 Å². The van der Waals surface area contributed by atoms with Gasteiger partial charge in [0, 0.05) is 12.7 Å². The van der Waals surface area contributed by atoms with Crippen LogP contribution < -0.4 is 11.3 Å². The Kier molecular flexibility index (Phi) is 5.49. The number of ether oxygens (including phenoxy) is 2. The number of carbonyl (C=O) groups excluding carboxylic acids is 1. The van der Waals surface area contributed by atoms with Crippen LogP contribution in [0.25, 0.3) is 0 Å². The lowest BCUT2D eigenvalue weighted by Crippen LogP contribution is -2.30. The van der Waals surface area contributed by atoms with Gasteiger partial charge < -0.3 is 9.47 Å². The molecule has 0 unspecified atom stereocenters. The molecule has 0 spiro atoms. The van der Waals surface area contributed by atoms with Gasteiger partial charge in [0.15, 0.2) is 0 Å². The molecule has 5 nitrogen and oxygen atoms in total.